The molecule has 0 aromatic carbocycles. The van der Waals surface area contributed by atoms with E-state index in [1.165, 1.54) is 0 Å². The van der Waals surface area contributed by atoms with Crippen molar-refractivity contribution in [3.63, 3.8) is 0 Å². The number of hydrogen-bond acceptors (Lipinski definition) is 4. The zero-order valence-electron chi connectivity index (χ0n) is 13.7. The predicted octanol–water partition coefficient (Wildman–Crippen LogP) is 3.24. The number of hydrogen-bond donors (Lipinski definition) is 0. The van der Waals surface area contributed by atoms with Crippen molar-refractivity contribution in [1.82, 2.24) is 0 Å². The Morgan fingerprint density at radius 3 is 1.74 bits per heavy atom. The van der Waals surface area contributed by atoms with E-state index in [9.17, 15) is 0 Å². The van der Waals surface area contributed by atoms with Crippen LogP contribution in [-0.4, -0.2) is 39.8 Å². The Morgan fingerprint density at radius 2 is 1.47 bits per heavy atom. The van der Waals surface area contributed by atoms with Crippen LogP contribution in [0.3, 0.4) is 0 Å². The van der Waals surface area contributed by atoms with Crippen molar-refractivity contribution in [1.29, 1.82) is 0 Å². The summed E-state index contributed by atoms with van der Waals surface area (Å²) >= 11 is 0. The van der Waals surface area contributed by atoms with E-state index in [1.807, 2.05) is 34.2 Å². The Hall–Kier alpha value is 0.0569. The zero-order chi connectivity index (χ0) is 14.9. The molecule has 0 aromatic rings. The molecule has 4 nitrogen and oxygen atoms in total. The molecule has 0 spiro atoms. The molecule has 0 atom stereocenters. The van der Waals surface area contributed by atoms with Gasteiger partial charge in [0.2, 0.25) is 0 Å². The van der Waals surface area contributed by atoms with Gasteiger partial charge in [-0.2, -0.15) is 0 Å². The predicted molar refractivity (Wildman–Crippen MR) is 78.2 cm³/mol. The van der Waals surface area contributed by atoms with E-state index in [1.54, 1.807) is 0 Å². The fraction of sp³-hybridized carbons (Fsp3) is 1.00. The van der Waals surface area contributed by atoms with Gasteiger partial charge in [-0.05, 0) is 41.5 Å². The van der Waals surface area contributed by atoms with Gasteiger partial charge in [0.15, 0.2) is 0 Å². The van der Waals surface area contributed by atoms with Crippen LogP contribution < -0.4 is 0 Å². The Kier molecular flexibility index (Phi) is 5.24. The van der Waals surface area contributed by atoms with Crippen LogP contribution in [0.1, 0.15) is 48.5 Å². The zero-order valence-corrected chi connectivity index (χ0v) is 14.7. The van der Waals surface area contributed by atoms with Crippen molar-refractivity contribution >= 4 is 8.80 Å². The molecule has 1 aliphatic rings. The molecule has 0 aliphatic carbocycles. The minimum absolute atomic E-state index is 0.0297. The van der Waals surface area contributed by atoms with Crippen molar-refractivity contribution in [2.24, 2.45) is 5.41 Å². The first-order chi connectivity index (χ1) is 8.50. The van der Waals surface area contributed by atoms with Crippen molar-refractivity contribution in [2.75, 3.05) is 13.2 Å². The first-order valence-electron chi connectivity index (χ1n) is 7.13. The lowest BCUT2D eigenvalue weighted by Crippen LogP contribution is -2.62. The van der Waals surface area contributed by atoms with Crippen molar-refractivity contribution < 1.29 is 18.0 Å². The molecule has 0 aromatic heterocycles. The lowest BCUT2D eigenvalue weighted by molar-refractivity contribution is -0.204. The summed E-state index contributed by atoms with van der Waals surface area (Å²) in [7, 11) is -2.66. The van der Waals surface area contributed by atoms with E-state index in [2.05, 4.69) is 20.8 Å². The van der Waals surface area contributed by atoms with E-state index < -0.39 is 8.80 Å². The van der Waals surface area contributed by atoms with Gasteiger partial charge in [-0.3, -0.25) is 0 Å². The van der Waals surface area contributed by atoms with Crippen LogP contribution >= 0.6 is 0 Å². The van der Waals surface area contributed by atoms with Crippen LogP contribution in [0.15, 0.2) is 0 Å². The van der Waals surface area contributed by atoms with Gasteiger partial charge in [0.1, 0.15) is 0 Å². The van der Waals surface area contributed by atoms with Gasteiger partial charge >= 0.3 is 8.80 Å². The molecule has 0 bridgehead atoms. The maximum atomic E-state index is 6.37. The fourth-order valence-corrected chi connectivity index (χ4v) is 5.31. The second kappa shape index (κ2) is 5.82. The lowest BCUT2D eigenvalue weighted by atomic mass is 9.74. The summed E-state index contributed by atoms with van der Waals surface area (Å²) in [6.45, 7) is 17.9. The van der Waals surface area contributed by atoms with E-state index in [0.717, 1.165) is 13.2 Å². The third-order valence-electron chi connectivity index (χ3n) is 3.63. The monoisotopic (exact) mass is 290 g/mol. The topological polar surface area (TPSA) is 36.9 Å². The number of rotatable bonds is 7. The summed E-state index contributed by atoms with van der Waals surface area (Å²) in [6.07, 6.45) is 0.188. The van der Waals surface area contributed by atoms with Gasteiger partial charge in [0.25, 0.3) is 0 Å². The number of ether oxygens (including phenoxy) is 1. The first kappa shape index (κ1) is 17.1. The maximum absolute atomic E-state index is 6.37. The largest absolute Gasteiger partial charge is 0.498 e. The molecule has 0 saturated carbocycles. The van der Waals surface area contributed by atoms with E-state index in [4.69, 9.17) is 18.0 Å². The minimum Gasteiger partial charge on any atom is -0.380 e. The highest BCUT2D eigenvalue weighted by Crippen LogP contribution is 2.42. The Bertz CT molecular complexity index is 288. The standard InChI is InChI=1S/C14H30O4Si/c1-11(2)16-19(8,17-12(3)4)18-13(5,6)14(7)9-15-10-14/h11-12H,9-10H2,1-8H3. The van der Waals surface area contributed by atoms with Gasteiger partial charge in [-0.1, -0.05) is 6.92 Å². The normalized spacial score (nSPS) is 19.9. The molecule has 5 heteroatoms. The lowest BCUT2D eigenvalue weighted by Gasteiger charge is -2.52. The summed E-state index contributed by atoms with van der Waals surface area (Å²) in [4.78, 5) is 0. The average molecular weight is 290 g/mol. The van der Waals surface area contributed by atoms with Crippen molar-refractivity contribution in [3.8, 4) is 0 Å². The first-order valence-corrected chi connectivity index (χ1v) is 9.36. The molecular formula is C14H30O4Si. The molecule has 1 heterocycles. The van der Waals surface area contributed by atoms with Crippen LogP contribution in [0.2, 0.25) is 6.55 Å². The molecular weight excluding hydrogens is 260 g/mol. The summed E-state index contributed by atoms with van der Waals surface area (Å²) in [5.41, 5.74) is -0.294. The second-order valence-electron chi connectivity index (χ2n) is 6.86. The van der Waals surface area contributed by atoms with Gasteiger partial charge in [0.05, 0.1) is 18.8 Å². The molecule has 0 amide bonds. The second-order valence-corrected chi connectivity index (χ2v) is 9.26. The smallest absolute Gasteiger partial charge is 0.380 e. The van der Waals surface area contributed by atoms with E-state index in [0.29, 0.717) is 0 Å². The third kappa shape index (κ3) is 4.26. The van der Waals surface area contributed by atoms with E-state index in [-0.39, 0.29) is 23.2 Å². The molecule has 0 radical (unpaired) electrons. The summed E-state index contributed by atoms with van der Waals surface area (Å²) in [5.74, 6) is 0. The van der Waals surface area contributed by atoms with Crippen molar-refractivity contribution in [2.45, 2.75) is 72.8 Å². The third-order valence-corrected chi connectivity index (χ3v) is 6.32. The molecule has 114 valence electrons. The molecule has 1 aliphatic heterocycles. The van der Waals surface area contributed by atoms with Gasteiger partial charge in [0, 0.05) is 24.2 Å². The van der Waals surface area contributed by atoms with Crippen LogP contribution in [0.4, 0.5) is 0 Å². The SMILES string of the molecule is CC(C)O[Si](C)(OC(C)C)OC(C)(C)C1(C)COC1. The fourth-order valence-electron chi connectivity index (χ4n) is 2.27. The highest BCUT2D eigenvalue weighted by atomic mass is 28.4. The summed E-state index contributed by atoms with van der Waals surface area (Å²) in [5, 5.41) is 0. The van der Waals surface area contributed by atoms with Gasteiger partial charge in [-0.15, -0.1) is 0 Å². The molecule has 19 heavy (non-hydrogen) atoms. The molecule has 0 N–H and O–H groups in total. The highest BCUT2D eigenvalue weighted by molar-refractivity contribution is 6.59. The van der Waals surface area contributed by atoms with E-state index >= 15 is 0 Å². The molecule has 1 saturated heterocycles. The quantitative estimate of drug-likeness (QED) is 0.675. The maximum Gasteiger partial charge on any atom is 0.498 e. The van der Waals surface area contributed by atoms with Crippen molar-refractivity contribution in [3.05, 3.63) is 0 Å². The van der Waals surface area contributed by atoms with Crippen LogP contribution in [0, 0.1) is 5.41 Å². The molecule has 1 fully saturated rings. The summed E-state index contributed by atoms with van der Waals surface area (Å²) < 4.78 is 23.7. The Morgan fingerprint density at radius 1 is 1.05 bits per heavy atom. The average Bonchev–Trinajstić information content (AvgIpc) is 2.08. The minimum atomic E-state index is -2.66. The molecule has 0 unspecified atom stereocenters. The van der Waals surface area contributed by atoms with Crippen LogP contribution in [0.25, 0.3) is 0 Å². The molecule has 1 rings (SSSR count). The van der Waals surface area contributed by atoms with Gasteiger partial charge in [-0.25, -0.2) is 0 Å². The van der Waals surface area contributed by atoms with Crippen LogP contribution in [-0.2, 0) is 18.0 Å². The van der Waals surface area contributed by atoms with Crippen LogP contribution in [0.5, 0.6) is 0 Å². The Balaban J connectivity index is 2.81. The Labute approximate surface area is 119 Å². The highest BCUT2D eigenvalue weighted by Gasteiger charge is 2.53. The summed E-state index contributed by atoms with van der Waals surface area (Å²) in [6, 6.07) is 0. The van der Waals surface area contributed by atoms with Gasteiger partial charge < -0.3 is 18.0 Å².